The Kier molecular flexibility index (Phi) is 4.90. The van der Waals surface area contributed by atoms with Gasteiger partial charge >= 0.3 is 0 Å². The summed E-state index contributed by atoms with van der Waals surface area (Å²) in [5.41, 5.74) is 1.23. The van der Waals surface area contributed by atoms with Crippen molar-refractivity contribution in [2.75, 3.05) is 52.9 Å². The molecule has 5 rings (SSSR count). The maximum atomic E-state index is 14.0. The van der Waals surface area contributed by atoms with E-state index in [1.165, 1.54) is 12.8 Å². The van der Waals surface area contributed by atoms with E-state index < -0.39 is 5.54 Å². The molecule has 1 saturated carbocycles. The van der Waals surface area contributed by atoms with Gasteiger partial charge in [-0.25, -0.2) is 0 Å². The smallest absolute Gasteiger partial charge is 0.254 e. The minimum absolute atomic E-state index is 0.0664. The van der Waals surface area contributed by atoms with E-state index in [0.29, 0.717) is 5.56 Å². The largest absolute Gasteiger partial charge is 0.340 e. The normalized spacial score (nSPS) is 26.8. The molecule has 0 bridgehead atoms. The molecule has 2 amide bonds. The number of nitrogens with zero attached hydrogens (tertiary/aromatic N) is 4. The quantitative estimate of drug-likeness (QED) is 0.760. The van der Waals surface area contributed by atoms with Crippen molar-refractivity contribution in [2.24, 2.45) is 5.92 Å². The standard InChI is InChI=1S/C24H34N4O2/c1-17(2)28-22(29)20-7-5-4-6-19(20)21(23(30)27-12-10-25(3)11-13-27)24(28)15-26(16-24)14-18-8-9-18/h4-7,17-18,21H,8-16H2,1-3H3. The number of benzene rings is 1. The second-order valence-corrected chi connectivity index (χ2v) is 10.1. The molecule has 162 valence electrons. The van der Waals surface area contributed by atoms with Crippen molar-refractivity contribution in [3.05, 3.63) is 35.4 Å². The molecule has 1 unspecified atom stereocenters. The molecule has 6 heteroatoms. The van der Waals surface area contributed by atoms with Crippen LogP contribution in [0.2, 0.25) is 0 Å². The second-order valence-electron chi connectivity index (χ2n) is 10.1. The van der Waals surface area contributed by atoms with Gasteiger partial charge in [0.2, 0.25) is 5.91 Å². The van der Waals surface area contributed by atoms with Crippen LogP contribution < -0.4 is 0 Å². The molecule has 0 aromatic heterocycles. The third-order valence-corrected chi connectivity index (χ3v) is 7.52. The number of hydrogen-bond donors (Lipinski definition) is 0. The van der Waals surface area contributed by atoms with Crippen LogP contribution in [0.4, 0.5) is 0 Å². The minimum atomic E-state index is -0.422. The Bertz CT molecular complexity index is 835. The molecule has 0 radical (unpaired) electrons. The molecule has 1 aromatic rings. The predicted octanol–water partition coefficient (Wildman–Crippen LogP) is 1.87. The Morgan fingerprint density at radius 2 is 1.77 bits per heavy atom. The highest BCUT2D eigenvalue weighted by molar-refractivity contribution is 6.02. The van der Waals surface area contributed by atoms with Crippen LogP contribution in [0.3, 0.4) is 0 Å². The van der Waals surface area contributed by atoms with E-state index >= 15 is 0 Å². The summed E-state index contributed by atoms with van der Waals surface area (Å²) in [6, 6.07) is 7.90. The molecule has 1 atom stereocenters. The number of likely N-dealkylation sites (tertiary alicyclic amines) is 1. The summed E-state index contributed by atoms with van der Waals surface area (Å²) in [6.45, 7) is 10.3. The number of piperazine rings is 1. The van der Waals surface area contributed by atoms with E-state index in [2.05, 4.69) is 35.6 Å². The number of rotatable bonds is 4. The Balaban J connectivity index is 1.54. The van der Waals surface area contributed by atoms with Gasteiger partial charge in [0.25, 0.3) is 5.91 Å². The first-order chi connectivity index (χ1) is 14.4. The molecular weight excluding hydrogens is 376 g/mol. The average molecular weight is 411 g/mol. The van der Waals surface area contributed by atoms with Crippen LogP contribution in [0, 0.1) is 5.92 Å². The minimum Gasteiger partial charge on any atom is -0.340 e. The van der Waals surface area contributed by atoms with Crippen LogP contribution in [0.25, 0.3) is 0 Å². The average Bonchev–Trinajstić information content (AvgIpc) is 3.51. The van der Waals surface area contributed by atoms with Crippen molar-refractivity contribution >= 4 is 11.8 Å². The molecule has 1 aliphatic carbocycles. The zero-order valence-electron chi connectivity index (χ0n) is 18.5. The Morgan fingerprint density at radius 1 is 1.10 bits per heavy atom. The molecule has 30 heavy (non-hydrogen) atoms. The van der Waals surface area contributed by atoms with E-state index in [1.54, 1.807) is 0 Å². The van der Waals surface area contributed by atoms with E-state index in [4.69, 9.17) is 0 Å². The zero-order valence-corrected chi connectivity index (χ0v) is 18.5. The van der Waals surface area contributed by atoms with Gasteiger partial charge in [-0.05, 0) is 51.3 Å². The molecular formula is C24H34N4O2. The Morgan fingerprint density at radius 3 is 2.40 bits per heavy atom. The summed E-state index contributed by atoms with van der Waals surface area (Å²) < 4.78 is 0. The monoisotopic (exact) mass is 410 g/mol. The number of fused-ring (bicyclic) bond motifs is 1. The maximum Gasteiger partial charge on any atom is 0.254 e. The van der Waals surface area contributed by atoms with Gasteiger partial charge in [-0.1, -0.05) is 18.2 Å². The van der Waals surface area contributed by atoms with Crippen LogP contribution in [-0.2, 0) is 4.79 Å². The molecule has 0 N–H and O–H groups in total. The van der Waals surface area contributed by atoms with Crippen molar-refractivity contribution in [1.29, 1.82) is 0 Å². The molecule has 3 aliphatic heterocycles. The van der Waals surface area contributed by atoms with Gasteiger partial charge in [-0.15, -0.1) is 0 Å². The van der Waals surface area contributed by atoms with E-state index in [1.807, 2.05) is 29.2 Å². The van der Waals surface area contributed by atoms with Gasteiger partial charge in [-0.3, -0.25) is 14.5 Å². The summed E-state index contributed by atoms with van der Waals surface area (Å²) >= 11 is 0. The van der Waals surface area contributed by atoms with Crippen LogP contribution in [0.15, 0.2) is 24.3 Å². The number of carbonyl (C=O) groups excluding carboxylic acids is 2. The fraction of sp³-hybridized carbons (Fsp3) is 0.667. The highest BCUT2D eigenvalue weighted by Gasteiger charge is 2.61. The third kappa shape index (κ3) is 3.16. The van der Waals surface area contributed by atoms with Crippen LogP contribution >= 0.6 is 0 Å². The topological polar surface area (TPSA) is 47.1 Å². The molecule has 3 fully saturated rings. The second kappa shape index (κ2) is 7.34. The third-order valence-electron chi connectivity index (χ3n) is 7.52. The van der Waals surface area contributed by atoms with Crippen molar-refractivity contribution < 1.29 is 9.59 Å². The number of hydrogen-bond acceptors (Lipinski definition) is 4. The number of carbonyl (C=O) groups is 2. The van der Waals surface area contributed by atoms with Crippen LogP contribution in [0.5, 0.6) is 0 Å². The van der Waals surface area contributed by atoms with Gasteiger partial charge in [0, 0.05) is 57.4 Å². The lowest BCUT2D eigenvalue weighted by Crippen LogP contribution is -2.78. The first-order valence-electron chi connectivity index (χ1n) is 11.5. The number of likely N-dealkylation sites (N-methyl/N-ethyl adjacent to an activating group) is 1. The van der Waals surface area contributed by atoms with E-state index in [0.717, 1.165) is 57.3 Å². The zero-order chi connectivity index (χ0) is 21.0. The molecule has 4 aliphatic rings. The predicted molar refractivity (Wildman–Crippen MR) is 116 cm³/mol. The van der Waals surface area contributed by atoms with Crippen LogP contribution in [-0.4, -0.2) is 95.9 Å². The summed E-state index contributed by atoms with van der Waals surface area (Å²) in [4.78, 5) is 36.4. The van der Waals surface area contributed by atoms with Crippen molar-refractivity contribution in [1.82, 2.24) is 19.6 Å². The first kappa shape index (κ1) is 20.0. The lowest BCUT2D eigenvalue weighted by atomic mass is 9.67. The molecule has 1 spiro atoms. The fourth-order valence-electron chi connectivity index (χ4n) is 5.88. The first-order valence-corrected chi connectivity index (χ1v) is 11.5. The molecule has 6 nitrogen and oxygen atoms in total. The van der Waals surface area contributed by atoms with Crippen molar-refractivity contribution in [2.45, 2.75) is 44.2 Å². The SMILES string of the molecule is CC(C)N1C(=O)c2ccccc2C(C(=O)N2CCN(C)CC2)C12CN(CC1CC1)C2. The summed E-state index contributed by atoms with van der Waals surface area (Å²) in [7, 11) is 2.11. The summed E-state index contributed by atoms with van der Waals surface area (Å²) in [6.07, 6.45) is 2.64. The van der Waals surface area contributed by atoms with Crippen molar-refractivity contribution in [3.63, 3.8) is 0 Å². The van der Waals surface area contributed by atoms with E-state index in [9.17, 15) is 9.59 Å². The maximum absolute atomic E-state index is 14.0. The van der Waals surface area contributed by atoms with Gasteiger partial charge in [0.1, 0.15) is 0 Å². The summed E-state index contributed by atoms with van der Waals surface area (Å²) in [5, 5.41) is 0. The van der Waals surface area contributed by atoms with Gasteiger partial charge < -0.3 is 14.7 Å². The fourth-order valence-corrected chi connectivity index (χ4v) is 5.88. The Hall–Kier alpha value is -1.92. The molecule has 2 saturated heterocycles. The van der Waals surface area contributed by atoms with Gasteiger partial charge in [0.15, 0.2) is 0 Å². The molecule has 3 heterocycles. The van der Waals surface area contributed by atoms with Crippen LogP contribution in [0.1, 0.15) is 48.5 Å². The lowest BCUT2D eigenvalue weighted by molar-refractivity contribution is -0.146. The highest BCUT2D eigenvalue weighted by atomic mass is 16.2. The Labute approximate surface area is 179 Å². The molecule has 1 aromatic carbocycles. The number of amides is 2. The lowest BCUT2D eigenvalue weighted by Gasteiger charge is -2.62. The van der Waals surface area contributed by atoms with Crippen molar-refractivity contribution in [3.8, 4) is 0 Å². The van der Waals surface area contributed by atoms with Gasteiger partial charge in [-0.2, -0.15) is 0 Å². The van der Waals surface area contributed by atoms with Gasteiger partial charge in [0.05, 0.1) is 11.5 Å². The highest BCUT2D eigenvalue weighted by Crippen LogP contribution is 2.49. The van der Waals surface area contributed by atoms with E-state index in [-0.39, 0.29) is 23.8 Å². The summed E-state index contributed by atoms with van der Waals surface area (Å²) in [5.74, 6) is 0.842.